The van der Waals surface area contributed by atoms with Crippen LogP contribution in [-0.2, 0) is 4.79 Å². The molecule has 0 saturated carbocycles. The summed E-state index contributed by atoms with van der Waals surface area (Å²) >= 11 is 0. The number of ether oxygens (including phenoxy) is 1. The van der Waals surface area contributed by atoms with Gasteiger partial charge in [-0.15, -0.1) is 0 Å². The Morgan fingerprint density at radius 1 is 0.964 bits per heavy atom. The molecule has 4 rings (SSSR count). The molecule has 7 nitrogen and oxygen atoms in total. The largest absolute Gasteiger partial charge is 0.484 e. The van der Waals surface area contributed by atoms with Gasteiger partial charge in [0.05, 0.1) is 0 Å². The van der Waals surface area contributed by atoms with Gasteiger partial charge in [0.1, 0.15) is 11.6 Å². The second-order valence-corrected chi connectivity index (χ2v) is 7.33. The summed E-state index contributed by atoms with van der Waals surface area (Å²) < 4.78 is 5.59. The van der Waals surface area contributed by atoms with Gasteiger partial charge < -0.3 is 19.4 Å². The van der Waals surface area contributed by atoms with Crippen LogP contribution in [0.4, 0.5) is 11.8 Å². The number of hydrogen-bond donors (Lipinski definition) is 0. The third kappa shape index (κ3) is 4.35. The summed E-state index contributed by atoms with van der Waals surface area (Å²) in [5.74, 6) is 2.54. The highest BCUT2D eigenvalue weighted by atomic mass is 16.5. The van der Waals surface area contributed by atoms with Crippen LogP contribution in [-0.4, -0.2) is 66.7 Å². The second kappa shape index (κ2) is 8.46. The van der Waals surface area contributed by atoms with Gasteiger partial charge in [0.2, 0.25) is 5.95 Å². The minimum absolute atomic E-state index is 0.0198. The van der Waals surface area contributed by atoms with Crippen LogP contribution in [0.1, 0.15) is 18.5 Å². The molecule has 0 radical (unpaired) electrons. The number of aromatic nitrogens is 2. The number of anilines is 2. The molecule has 2 saturated heterocycles. The van der Waals surface area contributed by atoms with Crippen LogP contribution in [0, 0.1) is 6.92 Å². The van der Waals surface area contributed by atoms with Crippen molar-refractivity contribution in [2.75, 3.05) is 55.7 Å². The van der Waals surface area contributed by atoms with Crippen LogP contribution in [0.15, 0.2) is 36.4 Å². The normalized spacial score (nSPS) is 17.1. The molecule has 148 valence electrons. The van der Waals surface area contributed by atoms with E-state index in [9.17, 15) is 4.79 Å². The molecule has 2 aliphatic heterocycles. The van der Waals surface area contributed by atoms with E-state index in [0.717, 1.165) is 49.4 Å². The average Bonchev–Trinajstić information content (AvgIpc) is 3.27. The predicted molar refractivity (Wildman–Crippen MR) is 109 cm³/mol. The fraction of sp³-hybridized carbons (Fsp3) is 0.476. The number of para-hydroxylation sites is 1. The summed E-state index contributed by atoms with van der Waals surface area (Å²) in [5.41, 5.74) is 0.988. The summed E-state index contributed by atoms with van der Waals surface area (Å²) in [6.07, 6.45) is 2.45. The van der Waals surface area contributed by atoms with Crippen LogP contribution in [0.5, 0.6) is 5.75 Å². The second-order valence-electron chi connectivity index (χ2n) is 7.33. The van der Waals surface area contributed by atoms with Crippen molar-refractivity contribution in [3.63, 3.8) is 0 Å². The first-order chi connectivity index (χ1) is 13.7. The van der Waals surface area contributed by atoms with Crippen LogP contribution in [0.2, 0.25) is 0 Å². The molecule has 1 aromatic carbocycles. The molecule has 7 heteroatoms. The Labute approximate surface area is 165 Å². The lowest BCUT2D eigenvalue weighted by molar-refractivity contribution is -0.133. The van der Waals surface area contributed by atoms with E-state index >= 15 is 0 Å². The van der Waals surface area contributed by atoms with Gasteiger partial charge >= 0.3 is 0 Å². The fourth-order valence-corrected chi connectivity index (χ4v) is 3.70. The zero-order valence-electron chi connectivity index (χ0n) is 16.4. The van der Waals surface area contributed by atoms with E-state index in [-0.39, 0.29) is 12.5 Å². The molecule has 28 heavy (non-hydrogen) atoms. The summed E-state index contributed by atoms with van der Waals surface area (Å²) in [6.45, 7) is 7.02. The molecule has 0 N–H and O–H groups in total. The number of carbonyl (C=O) groups excluding carboxylic acids is 1. The highest BCUT2D eigenvalue weighted by Crippen LogP contribution is 2.22. The lowest BCUT2D eigenvalue weighted by Gasteiger charge is -2.35. The molecular weight excluding hydrogens is 354 g/mol. The minimum Gasteiger partial charge on any atom is -0.484 e. The van der Waals surface area contributed by atoms with Crippen molar-refractivity contribution in [2.24, 2.45) is 0 Å². The number of benzene rings is 1. The maximum atomic E-state index is 12.4. The maximum Gasteiger partial charge on any atom is 0.260 e. The number of piperazine rings is 1. The first-order valence-electron chi connectivity index (χ1n) is 10.0. The number of carbonyl (C=O) groups is 1. The first kappa shape index (κ1) is 18.5. The predicted octanol–water partition coefficient (Wildman–Crippen LogP) is 2.11. The van der Waals surface area contributed by atoms with E-state index in [1.165, 1.54) is 12.8 Å². The Morgan fingerprint density at radius 3 is 2.39 bits per heavy atom. The first-order valence-corrected chi connectivity index (χ1v) is 10.0. The molecule has 0 spiro atoms. The van der Waals surface area contributed by atoms with Crippen LogP contribution < -0.4 is 14.5 Å². The number of amides is 1. The van der Waals surface area contributed by atoms with Crippen molar-refractivity contribution in [1.82, 2.24) is 14.9 Å². The van der Waals surface area contributed by atoms with Gasteiger partial charge in [-0.1, -0.05) is 18.2 Å². The Kier molecular flexibility index (Phi) is 5.60. The fourth-order valence-electron chi connectivity index (χ4n) is 3.70. The van der Waals surface area contributed by atoms with E-state index in [0.29, 0.717) is 13.1 Å². The topological polar surface area (TPSA) is 61.8 Å². The van der Waals surface area contributed by atoms with E-state index in [4.69, 9.17) is 9.72 Å². The molecule has 2 aliphatic rings. The Morgan fingerprint density at radius 2 is 1.68 bits per heavy atom. The Balaban J connectivity index is 1.33. The van der Waals surface area contributed by atoms with Crippen molar-refractivity contribution in [1.29, 1.82) is 0 Å². The van der Waals surface area contributed by atoms with Crippen molar-refractivity contribution in [2.45, 2.75) is 19.8 Å². The molecular formula is C21H27N5O2. The number of nitrogens with zero attached hydrogens (tertiary/aromatic N) is 5. The molecule has 1 amide bonds. The van der Waals surface area contributed by atoms with Crippen molar-refractivity contribution in [3.05, 3.63) is 42.1 Å². The molecule has 3 heterocycles. The standard InChI is InChI=1S/C21H27N5O2/c1-17-15-19(24-9-5-6-10-24)23-21(22-17)26-13-11-25(12-14-26)20(27)16-28-18-7-3-2-4-8-18/h2-4,7-8,15H,5-6,9-14,16H2,1H3. The van der Waals surface area contributed by atoms with E-state index in [1.807, 2.05) is 42.2 Å². The van der Waals surface area contributed by atoms with E-state index < -0.39 is 0 Å². The molecule has 0 atom stereocenters. The summed E-state index contributed by atoms with van der Waals surface area (Å²) in [5, 5.41) is 0. The molecule has 1 aromatic heterocycles. The molecule has 0 bridgehead atoms. The highest BCUT2D eigenvalue weighted by molar-refractivity contribution is 5.78. The van der Waals surface area contributed by atoms with Gasteiger partial charge in [-0.25, -0.2) is 4.98 Å². The van der Waals surface area contributed by atoms with Gasteiger partial charge in [-0.05, 0) is 31.9 Å². The smallest absolute Gasteiger partial charge is 0.260 e. The van der Waals surface area contributed by atoms with Crippen molar-refractivity contribution >= 4 is 17.7 Å². The SMILES string of the molecule is Cc1cc(N2CCCC2)nc(N2CCN(C(=O)COc3ccccc3)CC2)n1. The molecule has 2 fully saturated rings. The van der Waals surface area contributed by atoms with Crippen molar-refractivity contribution < 1.29 is 9.53 Å². The highest BCUT2D eigenvalue weighted by Gasteiger charge is 2.24. The summed E-state index contributed by atoms with van der Waals surface area (Å²) in [6, 6.07) is 11.5. The lowest BCUT2D eigenvalue weighted by atomic mass is 10.3. The lowest BCUT2D eigenvalue weighted by Crippen LogP contribution is -2.50. The minimum atomic E-state index is 0.0198. The van der Waals surface area contributed by atoms with Gasteiger partial charge in [0.15, 0.2) is 6.61 Å². The van der Waals surface area contributed by atoms with Gasteiger partial charge in [-0.2, -0.15) is 4.98 Å². The van der Waals surface area contributed by atoms with E-state index in [1.54, 1.807) is 0 Å². The molecule has 2 aromatic rings. The Bertz CT molecular complexity index is 800. The number of aryl methyl sites for hydroxylation is 1. The quantitative estimate of drug-likeness (QED) is 0.791. The monoisotopic (exact) mass is 381 g/mol. The molecule has 0 aliphatic carbocycles. The average molecular weight is 381 g/mol. The zero-order valence-corrected chi connectivity index (χ0v) is 16.4. The van der Waals surface area contributed by atoms with Crippen molar-refractivity contribution in [3.8, 4) is 5.75 Å². The third-order valence-corrected chi connectivity index (χ3v) is 5.28. The molecule has 0 unspecified atom stereocenters. The van der Waals surface area contributed by atoms with E-state index in [2.05, 4.69) is 20.9 Å². The van der Waals surface area contributed by atoms with Gasteiger partial charge in [-0.3, -0.25) is 4.79 Å². The Hall–Kier alpha value is -2.83. The van der Waals surface area contributed by atoms with Crippen LogP contribution >= 0.6 is 0 Å². The summed E-state index contributed by atoms with van der Waals surface area (Å²) in [7, 11) is 0. The zero-order chi connectivity index (χ0) is 19.3. The van der Waals surface area contributed by atoms with Gasteiger partial charge in [0.25, 0.3) is 5.91 Å². The number of rotatable bonds is 5. The third-order valence-electron chi connectivity index (χ3n) is 5.28. The summed E-state index contributed by atoms with van der Waals surface area (Å²) in [4.78, 5) is 28.2. The van der Waals surface area contributed by atoms with Crippen LogP contribution in [0.25, 0.3) is 0 Å². The number of hydrogen-bond acceptors (Lipinski definition) is 6. The van der Waals surface area contributed by atoms with Crippen LogP contribution in [0.3, 0.4) is 0 Å². The van der Waals surface area contributed by atoms with Gasteiger partial charge in [0, 0.05) is 51.0 Å². The maximum absolute atomic E-state index is 12.4.